The number of nitrogens with one attached hydrogen (secondary N) is 1. The SMILES string of the molecule is COc1ccc(C(=O)Oc2ccc(/C=C(\C#N)C(=O)Nc3ccc([N+](=O)[O-])cc3O)cc2OC)cc1. The van der Waals surface area contributed by atoms with E-state index in [0.717, 1.165) is 18.2 Å². The molecule has 0 bridgehead atoms. The van der Waals surface area contributed by atoms with E-state index in [1.54, 1.807) is 30.3 Å². The Morgan fingerprint density at radius 3 is 2.33 bits per heavy atom. The van der Waals surface area contributed by atoms with Crippen LogP contribution in [0.1, 0.15) is 15.9 Å². The molecule has 0 heterocycles. The number of aromatic hydroxyl groups is 1. The van der Waals surface area contributed by atoms with Crippen molar-refractivity contribution in [2.75, 3.05) is 19.5 Å². The largest absolute Gasteiger partial charge is 0.506 e. The summed E-state index contributed by atoms with van der Waals surface area (Å²) in [6, 6.07) is 15.6. The summed E-state index contributed by atoms with van der Waals surface area (Å²) in [4.78, 5) is 35.1. The van der Waals surface area contributed by atoms with Crippen molar-refractivity contribution in [2.24, 2.45) is 0 Å². The molecule has 0 saturated heterocycles. The molecular formula is C25H19N3O8. The first-order valence-corrected chi connectivity index (χ1v) is 10.2. The van der Waals surface area contributed by atoms with Crippen LogP contribution in [0.25, 0.3) is 6.08 Å². The number of hydrogen-bond donors (Lipinski definition) is 2. The summed E-state index contributed by atoms with van der Waals surface area (Å²) in [5.74, 6) is -1.12. The summed E-state index contributed by atoms with van der Waals surface area (Å²) < 4.78 is 15.7. The number of amides is 1. The van der Waals surface area contributed by atoms with Crippen LogP contribution in [-0.4, -0.2) is 36.1 Å². The van der Waals surface area contributed by atoms with Crippen molar-refractivity contribution in [3.63, 3.8) is 0 Å². The fourth-order valence-corrected chi connectivity index (χ4v) is 2.99. The molecule has 11 heteroatoms. The molecule has 0 spiro atoms. The number of ether oxygens (including phenoxy) is 3. The molecule has 0 aromatic heterocycles. The molecule has 0 saturated carbocycles. The van der Waals surface area contributed by atoms with E-state index in [2.05, 4.69) is 5.32 Å². The Bertz CT molecular complexity index is 1390. The number of carbonyl (C=O) groups excluding carboxylic acids is 2. The molecule has 182 valence electrons. The van der Waals surface area contributed by atoms with Crippen LogP contribution < -0.4 is 19.5 Å². The predicted octanol–water partition coefficient (Wildman–Crippen LogP) is 4.08. The van der Waals surface area contributed by atoms with E-state index in [0.29, 0.717) is 16.9 Å². The van der Waals surface area contributed by atoms with Crippen molar-refractivity contribution in [3.05, 3.63) is 87.5 Å². The van der Waals surface area contributed by atoms with Gasteiger partial charge in [0.1, 0.15) is 23.1 Å². The van der Waals surface area contributed by atoms with Gasteiger partial charge in [0.2, 0.25) is 0 Å². The molecule has 0 fully saturated rings. The van der Waals surface area contributed by atoms with Crippen LogP contribution in [0.15, 0.2) is 66.2 Å². The molecule has 0 aliphatic heterocycles. The van der Waals surface area contributed by atoms with Gasteiger partial charge in [-0.15, -0.1) is 0 Å². The maximum absolute atomic E-state index is 12.5. The minimum atomic E-state index is -0.851. The van der Waals surface area contributed by atoms with Crippen molar-refractivity contribution in [1.29, 1.82) is 5.26 Å². The summed E-state index contributed by atoms with van der Waals surface area (Å²) in [7, 11) is 2.87. The molecule has 11 nitrogen and oxygen atoms in total. The van der Waals surface area contributed by atoms with E-state index < -0.39 is 22.5 Å². The Labute approximate surface area is 204 Å². The number of hydrogen-bond acceptors (Lipinski definition) is 9. The van der Waals surface area contributed by atoms with Gasteiger partial charge in [0.25, 0.3) is 11.6 Å². The highest BCUT2D eigenvalue weighted by molar-refractivity contribution is 6.10. The summed E-state index contributed by atoms with van der Waals surface area (Å²) in [6.07, 6.45) is 1.26. The zero-order valence-corrected chi connectivity index (χ0v) is 19.1. The predicted molar refractivity (Wildman–Crippen MR) is 128 cm³/mol. The van der Waals surface area contributed by atoms with Crippen LogP contribution in [0.3, 0.4) is 0 Å². The fourth-order valence-electron chi connectivity index (χ4n) is 2.99. The molecule has 0 aliphatic rings. The number of phenolic OH excluding ortho intramolecular Hbond substituents is 1. The van der Waals surface area contributed by atoms with Crippen LogP contribution >= 0.6 is 0 Å². The number of methoxy groups -OCH3 is 2. The van der Waals surface area contributed by atoms with Gasteiger partial charge in [-0.25, -0.2) is 4.79 Å². The lowest BCUT2D eigenvalue weighted by Gasteiger charge is -2.11. The number of nitriles is 1. The number of rotatable bonds is 8. The van der Waals surface area contributed by atoms with Gasteiger partial charge in [-0.05, 0) is 54.1 Å². The average Bonchev–Trinajstić information content (AvgIpc) is 2.88. The molecule has 36 heavy (non-hydrogen) atoms. The van der Waals surface area contributed by atoms with Gasteiger partial charge in [0.15, 0.2) is 11.5 Å². The number of nitro benzene ring substituents is 1. The first-order valence-electron chi connectivity index (χ1n) is 10.2. The lowest BCUT2D eigenvalue weighted by atomic mass is 10.1. The van der Waals surface area contributed by atoms with Crippen molar-refractivity contribution in [3.8, 4) is 29.1 Å². The number of anilines is 1. The monoisotopic (exact) mass is 489 g/mol. The van der Waals surface area contributed by atoms with Crippen molar-refractivity contribution >= 4 is 29.3 Å². The third-order valence-corrected chi connectivity index (χ3v) is 4.83. The topological polar surface area (TPSA) is 161 Å². The highest BCUT2D eigenvalue weighted by Crippen LogP contribution is 2.31. The second-order valence-electron chi connectivity index (χ2n) is 7.11. The lowest BCUT2D eigenvalue weighted by molar-refractivity contribution is -0.384. The van der Waals surface area contributed by atoms with E-state index >= 15 is 0 Å². The van der Waals surface area contributed by atoms with Crippen LogP contribution in [0.5, 0.6) is 23.0 Å². The standard InChI is InChI=1S/C25H19N3O8/c1-34-19-7-4-16(5-8-19)25(31)36-22-10-3-15(12-23(22)35-2)11-17(14-26)24(30)27-20-9-6-18(28(32)33)13-21(20)29/h3-13,29H,1-2H3,(H,27,30)/b17-11+. The molecule has 0 atom stereocenters. The van der Waals surface area contributed by atoms with Gasteiger partial charge in [0, 0.05) is 6.07 Å². The Balaban J connectivity index is 1.78. The third-order valence-electron chi connectivity index (χ3n) is 4.83. The van der Waals surface area contributed by atoms with Gasteiger partial charge in [-0.1, -0.05) is 6.07 Å². The molecule has 0 radical (unpaired) electrons. The van der Waals surface area contributed by atoms with Gasteiger partial charge in [0.05, 0.1) is 36.5 Å². The maximum Gasteiger partial charge on any atom is 0.343 e. The summed E-state index contributed by atoms with van der Waals surface area (Å²) in [6.45, 7) is 0. The molecular weight excluding hydrogens is 470 g/mol. The lowest BCUT2D eigenvalue weighted by Crippen LogP contribution is -2.13. The number of carbonyl (C=O) groups is 2. The number of non-ortho nitro benzene ring substituents is 1. The second kappa shape index (κ2) is 11.2. The molecule has 3 rings (SSSR count). The summed E-state index contributed by atoms with van der Waals surface area (Å²) in [5, 5.41) is 32.5. The Morgan fingerprint density at radius 1 is 1.03 bits per heavy atom. The van der Waals surface area contributed by atoms with Gasteiger partial charge >= 0.3 is 5.97 Å². The number of nitro groups is 1. The Hall–Kier alpha value is -5.37. The normalized spacial score (nSPS) is 10.6. The van der Waals surface area contributed by atoms with E-state index in [1.807, 2.05) is 0 Å². The van der Waals surface area contributed by atoms with Crippen LogP contribution in [0, 0.1) is 21.4 Å². The number of benzene rings is 3. The van der Waals surface area contributed by atoms with E-state index in [1.165, 1.54) is 38.5 Å². The molecule has 3 aromatic carbocycles. The second-order valence-corrected chi connectivity index (χ2v) is 7.11. The number of phenols is 1. The first kappa shape index (κ1) is 25.3. The minimum absolute atomic E-state index is 0.106. The van der Waals surface area contributed by atoms with Crippen LogP contribution in [-0.2, 0) is 4.79 Å². The van der Waals surface area contributed by atoms with Gasteiger partial charge in [-0.3, -0.25) is 14.9 Å². The minimum Gasteiger partial charge on any atom is -0.506 e. The van der Waals surface area contributed by atoms with Gasteiger partial charge in [-0.2, -0.15) is 5.26 Å². The van der Waals surface area contributed by atoms with Gasteiger partial charge < -0.3 is 24.6 Å². The van der Waals surface area contributed by atoms with Crippen molar-refractivity contribution in [2.45, 2.75) is 0 Å². The zero-order valence-electron chi connectivity index (χ0n) is 19.1. The molecule has 1 amide bonds. The zero-order chi connectivity index (χ0) is 26.2. The molecule has 3 aromatic rings. The van der Waals surface area contributed by atoms with E-state index in [4.69, 9.17) is 14.2 Å². The highest BCUT2D eigenvalue weighted by atomic mass is 16.6. The van der Waals surface area contributed by atoms with E-state index in [-0.39, 0.29) is 28.4 Å². The van der Waals surface area contributed by atoms with Crippen molar-refractivity contribution in [1.82, 2.24) is 0 Å². The highest BCUT2D eigenvalue weighted by Gasteiger charge is 2.16. The first-order chi connectivity index (χ1) is 17.2. The Morgan fingerprint density at radius 2 is 1.75 bits per heavy atom. The molecule has 0 aliphatic carbocycles. The quantitative estimate of drug-likeness (QED) is 0.0903. The number of nitrogens with zero attached hydrogens (tertiary/aromatic N) is 2. The third kappa shape index (κ3) is 5.95. The van der Waals surface area contributed by atoms with Crippen LogP contribution in [0.2, 0.25) is 0 Å². The van der Waals surface area contributed by atoms with Crippen LogP contribution in [0.4, 0.5) is 11.4 Å². The maximum atomic E-state index is 12.5. The van der Waals surface area contributed by atoms with Crippen molar-refractivity contribution < 1.29 is 33.8 Å². The fraction of sp³-hybridized carbons (Fsp3) is 0.0800. The average molecular weight is 489 g/mol. The Kier molecular flexibility index (Phi) is 7.84. The molecule has 2 N–H and O–H groups in total. The summed E-state index contributed by atoms with van der Waals surface area (Å²) >= 11 is 0. The van der Waals surface area contributed by atoms with E-state index in [9.17, 15) is 30.1 Å². The number of esters is 1. The summed E-state index contributed by atoms with van der Waals surface area (Å²) in [5.41, 5.74) is -0.111. The smallest absolute Gasteiger partial charge is 0.343 e. The molecule has 0 unspecified atom stereocenters.